The number of benzene rings is 1. The predicted octanol–water partition coefficient (Wildman–Crippen LogP) is 4.05. The molecule has 1 aliphatic carbocycles. The maximum atomic E-state index is 6.16. The summed E-state index contributed by atoms with van der Waals surface area (Å²) < 4.78 is 0. The highest BCUT2D eigenvalue weighted by Crippen LogP contribution is 2.29. The fraction of sp³-hybridized carbons (Fsp3) is 0.667. The summed E-state index contributed by atoms with van der Waals surface area (Å²) in [6, 6.07) is 9.79. The quantitative estimate of drug-likeness (QED) is 0.906. The van der Waals surface area contributed by atoms with Gasteiger partial charge >= 0.3 is 0 Å². The van der Waals surface area contributed by atoms with Crippen molar-refractivity contribution in [3.05, 3.63) is 34.9 Å². The van der Waals surface area contributed by atoms with E-state index in [2.05, 4.69) is 35.5 Å². The van der Waals surface area contributed by atoms with Gasteiger partial charge in [0, 0.05) is 30.2 Å². The Hall–Kier alpha value is -0.570. The Balaban J connectivity index is 1.63. The molecule has 1 aromatic carbocycles. The molecule has 1 aromatic rings. The van der Waals surface area contributed by atoms with E-state index in [1.54, 1.807) is 0 Å². The number of hydrogen-bond donors (Lipinski definition) is 1. The molecule has 116 valence electrons. The van der Waals surface area contributed by atoms with E-state index in [1.807, 2.05) is 6.07 Å². The maximum absolute atomic E-state index is 6.16. The summed E-state index contributed by atoms with van der Waals surface area (Å²) in [5, 5.41) is 4.79. The number of hydrogen-bond acceptors (Lipinski definition) is 2. The smallest absolute Gasteiger partial charge is 0.0408 e. The van der Waals surface area contributed by atoms with Crippen molar-refractivity contribution in [2.45, 2.75) is 56.5 Å². The van der Waals surface area contributed by atoms with E-state index in [0.29, 0.717) is 12.0 Å². The molecule has 0 aromatic heterocycles. The topological polar surface area (TPSA) is 15.3 Å². The molecule has 1 heterocycles. The second-order valence-electron chi connectivity index (χ2n) is 6.91. The lowest BCUT2D eigenvalue weighted by atomic mass is 9.87. The third kappa shape index (κ3) is 4.21. The first-order chi connectivity index (χ1) is 10.2. The first kappa shape index (κ1) is 15.3. The lowest BCUT2D eigenvalue weighted by Gasteiger charge is -2.39. The van der Waals surface area contributed by atoms with Gasteiger partial charge in [-0.25, -0.2) is 0 Å². The van der Waals surface area contributed by atoms with E-state index < -0.39 is 0 Å². The number of nitrogens with one attached hydrogen (secondary N) is 1. The van der Waals surface area contributed by atoms with E-state index in [9.17, 15) is 0 Å². The van der Waals surface area contributed by atoms with Crippen molar-refractivity contribution in [1.82, 2.24) is 10.2 Å². The first-order valence-electron chi connectivity index (χ1n) is 8.41. The average molecular weight is 307 g/mol. The molecule has 2 nitrogen and oxygen atoms in total. The van der Waals surface area contributed by atoms with Crippen molar-refractivity contribution in [3.63, 3.8) is 0 Å². The molecule has 2 atom stereocenters. The summed E-state index contributed by atoms with van der Waals surface area (Å²) in [7, 11) is 2.24. The van der Waals surface area contributed by atoms with Gasteiger partial charge in [0.15, 0.2) is 0 Å². The number of likely N-dealkylation sites (tertiary alicyclic amines) is 1. The molecular weight excluding hydrogens is 280 g/mol. The molecule has 2 unspecified atom stereocenters. The van der Waals surface area contributed by atoms with Crippen LogP contribution in [0.15, 0.2) is 24.3 Å². The summed E-state index contributed by atoms with van der Waals surface area (Å²) in [6.45, 7) is 2.32. The molecule has 1 aliphatic heterocycles. The van der Waals surface area contributed by atoms with Crippen LogP contribution in [-0.4, -0.2) is 37.1 Å². The zero-order chi connectivity index (χ0) is 14.7. The molecule has 0 amide bonds. The van der Waals surface area contributed by atoms with Gasteiger partial charge in [-0.3, -0.25) is 0 Å². The van der Waals surface area contributed by atoms with Crippen LogP contribution in [-0.2, 0) is 0 Å². The monoisotopic (exact) mass is 306 g/mol. The average Bonchev–Trinajstić information content (AvgIpc) is 2.48. The van der Waals surface area contributed by atoms with Crippen molar-refractivity contribution < 1.29 is 0 Å². The highest BCUT2D eigenvalue weighted by atomic mass is 35.5. The van der Waals surface area contributed by atoms with Gasteiger partial charge in [0.2, 0.25) is 0 Å². The Morgan fingerprint density at radius 1 is 1.10 bits per heavy atom. The molecule has 0 bridgehead atoms. The highest BCUT2D eigenvalue weighted by molar-refractivity contribution is 6.30. The zero-order valence-electron chi connectivity index (χ0n) is 13.0. The third-order valence-corrected chi connectivity index (χ3v) is 5.26. The zero-order valence-corrected chi connectivity index (χ0v) is 13.8. The van der Waals surface area contributed by atoms with Crippen LogP contribution in [0.1, 0.15) is 50.0 Å². The molecule has 0 spiro atoms. The lowest BCUT2D eigenvalue weighted by molar-refractivity contribution is 0.186. The molecule has 0 radical (unpaired) electrons. The summed E-state index contributed by atoms with van der Waals surface area (Å²) in [5.74, 6) is 0.601. The molecule has 1 saturated heterocycles. The molecule has 2 fully saturated rings. The molecule has 1 N–H and O–H groups in total. The van der Waals surface area contributed by atoms with Crippen molar-refractivity contribution >= 4 is 11.6 Å². The number of piperidine rings is 1. The molecule has 3 rings (SSSR count). The van der Waals surface area contributed by atoms with E-state index in [-0.39, 0.29) is 0 Å². The van der Waals surface area contributed by atoms with Crippen LogP contribution >= 0.6 is 11.6 Å². The van der Waals surface area contributed by atoms with Gasteiger partial charge in [0.05, 0.1) is 0 Å². The SMILES string of the molecule is CN1CC(NC2CCCCC2)CC(c2cccc(Cl)c2)C1. The standard InChI is InChI=1S/C18H27ClN2/c1-21-12-15(14-6-5-7-16(19)10-14)11-18(13-21)20-17-8-3-2-4-9-17/h5-7,10,15,17-18,20H,2-4,8-9,11-13H2,1H3. The van der Waals surface area contributed by atoms with Gasteiger partial charge in [0.1, 0.15) is 0 Å². The lowest BCUT2D eigenvalue weighted by Crippen LogP contribution is -2.50. The van der Waals surface area contributed by atoms with Crippen LogP contribution in [0, 0.1) is 0 Å². The first-order valence-corrected chi connectivity index (χ1v) is 8.78. The van der Waals surface area contributed by atoms with Gasteiger partial charge < -0.3 is 10.2 Å². The molecular formula is C18H27ClN2. The minimum absolute atomic E-state index is 0.601. The van der Waals surface area contributed by atoms with E-state index in [0.717, 1.165) is 17.6 Å². The summed E-state index contributed by atoms with van der Waals surface area (Å²) in [5.41, 5.74) is 1.39. The van der Waals surface area contributed by atoms with E-state index in [1.165, 1.54) is 50.6 Å². The Bertz CT molecular complexity index is 456. The number of rotatable bonds is 3. The molecule has 21 heavy (non-hydrogen) atoms. The van der Waals surface area contributed by atoms with Crippen molar-refractivity contribution in [2.75, 3.05) is 20.1 Å². The Morgan fingerprint density at radius 2 is 1.90 bits per heavy atom. The summed E-state index contributed by atoms with van der Waals surface area (Å²) >= 11 is 6.16. The summed E-state index contributed by atoms with van der Waals surface area (Å²) in [6.07, 6.45) is 8.19. The van der Waals surface area contributed by atoms with Crippen LogP contribution in [0.3, 0.4) is 0 Å². The van der Waals surface area contributed by atoms with Crippen molar-refractivity contribution in [2.24, 2.45) is 0 Å². The van der Waals surface area contributed by atoms with Crippen molar-refractivity contribution in [3.8, 4) is 0 Å². The fourth-order valence-electron chi connectivity index (χ4n) is 4.04. The largest absolute Gasteiger partial charge is 0.310 e. The third-order valence-electron chi connectivity index (χ3n) is 5.03. The minimum atomic E-state index is 0.601. The summed E-state index contributed by atoms with van der Waals surface area (Å²) in [4.78, 5) is 2.47. The fourth-order valence-corrected chi connectivity index (χ4v) is 4.24. The van der Waals surface area contributed by atoms with Gasteiger partial charge in [0.25, 0.3) is 0 Å². The Morgan fingerprint density at radius 3 is 2.67 bits per heavy atom. The van der Waals surface area contributed by atoms with Crippen molar-refractivity contribution in [1.29, 1.82) is 0 Å². The highest BCUT2D eigenvalue weighted by Gasteiger charge is 2.28. The second-order valence-corrected chi connectivity index (χ2v) is 7.34. The molecule has 3 heteroatoms. The van der Waals surface area contributed by atoms with Crippen LogP contribution in [0.5, 0.6) is 0 Å². The van der Waals surface area contributed by atoms with Gasteiger partial charge in [-0.1, -0.05) is 43.0 Å². The van der Waals surface area contributed by atoms with Crippen LogP contribution < -0.4 is 5.32 Å². The van der Waals surface area contributed by atoms with Gasteiger partial charge in [-0.15, -0.1) is 0 Å². The second kappa shape index (κ2) is 7.13. The normalized spacial score (nSPS) is 28.7. The molecule has 2 aliphatic rings. The Labute approximate surface area is 133 Å². The van der Waals surface area contributed by atoms with Crippen LogP contribution in [0.25, 0.3) is 0 Å². The van der Waals surface area contributed by atoms with Gasteiger partial charge in [-0.05, 0) is 49.9 Å². The maximum Gasteiger partial charge on any atom is 0.0408 e. The Kier molecular flexibility index (Phi) is 5.20. The van der Waals surface area contributed by atoms with E-state index in [4.69, 9.17) is 11.6 Å². The predicted molar refractivity (Wildman–Crippen MR) is 90.1 cm³/mol. The number of nitrogens with zero attached hydrogens (tertiary/aromatic N) is 1. The van der Waals surface area contributed by atoms with E-state index >= 15 is 0 Å². The van der Waals surface area contributed by atoms with Gasteiger partial charge in [-0.2, -0.15) is 0 Å². The number of halogens is 1. The number of likely N-dealkylation sites (N-methyl/N-ethyl adjacent to an activating group) is 1. The molecule has 1 saturated carbocycles. The minimum Gasteiger partial charge on any atom is -0.310 e. The van der Waals surface area contributed by atoms with Crippen LogP contribution in [0.2, 0.25) is 5.02 Å². The van der Waals surface area contributed by atoms with Crippen LogP contribution in [0.4, 0.5) is 0 Å².